The second-order valence-corrected chi connectivity index (χ2v) is 6.07. The van der Waals surface area contributed by atoms with Crippen molar-refractivity contribution in [3.05, 3.63) is 11.3 Å². The van der Waals surface area contributed by atoms with E-state index < -0.39 is 0 Å². The second-order valence-electron chi connectivity index (χ2n) is 5.69. The number of nitrogen functional groups attached to an aromatic ring is 1. The summed E-state index contributed by atoms with van der Waals surface area (Å²) >= 11 is 6.24. The third kappa shape index (κ3) is 2.70. The summed E-state index contributed by atoms with van der Waals surface area (Å²) in [7, 11) is 1.65. The van der Waals surface area contributed by atoms with Gasteiger partial charge in [0.15, 0.2) is 5.82 Å². The van der Waals surface area contributed by atoms with Crippen LogP contribution in [0, 0.1) is 0 Å². The molecule has 2 saturated heterocycles. The predicted molar refractivity (Wildman–Crippen MR) is 83.8 cm³/mol. The SMILES string of the molecule is CO[C@H]1C[C@@H](C(=O)N2CCCC2)N(c2ncnc(N)c2Cl)C1. The van der Waals surface area contributed by atoms with Gasteiger partial charge in [0.25, 0.3) is 0 Å². The first-order valence-corrected chi connectivity index (χ1v) is 7.83. The molecule has 3 rings (SSSR count). The molecule has 1 amide bonds. The molecular formula is C14H20ClN5O2. The highest BCUT2D eigenvalue weighted by Crippen LogP contribution is 2.34. The molecule has 2 N–H and O–H groups in total. The van der Waals surface area contributed by atoms with Crippen molar-refractivity contribution in [2.45, 2.75) is 31.4 Å². The van der Waals surface area contributed by atoms with Crippen LogP contribution in [0.5, 0.6) is 0 Å². The number of anilines is 2. The standard InChI is InChI=1S/C14H20ClN5O2/c1-22-9-6-10(14(21)19-4-2-3-5-19)20(7-9)13-11(15)12(16)17-8-18-13/h8-10H,2-7H2,1H3,(H2,16,17,18)/t9-,10-/m0/s1. The van der Waals surface area contributed by atoms with Gasteiger partial charge in [0.2, 0.25) is 5.91 Å². The third-order valence-corrected chi connectivity index (χ3v) is 4.73. The van der Waals surface area contributed by atoms with Crippen LogP contribution >= 0.6 is 11.6 Å². The lowest BCUT2D eigenvalue weighted by molar-refractivity contribution is -0.131. The van der Waals surface area contributed by atoms with Gasteiger partial charge in [-0.25, -0.2) is 9.97 Å². The maximum atomic E-state index is 12.8. The molecule has 2 fully saturated rings. The van der Waals surface area contributed by atoms with E-state index in [1.807, 2.05) is 9.80 Å². The van der Waals surface area contributed by atoms with Crippen molar-refractivity contribution in [3.8, 4) is 0 Å². The summed E-state index contributed by atoms with van der Waals surface area (Å²) in [5, 5.41) is 0.290. The normalized spacial score (nSPS) is 25.0. The first-order chi connectivity index (χ1) is 10.6. The molecule has 3 heterocycles. The zero-order valence-corrected chi connectivity index (χ0v) is 13.3. The van der Waals surface area contributed by atoms with Crippen LogP contribution in [-0.4, -0.2) is 59.7 Å². The Morgan fingerprint density at radius 2 is 2.14 bits per heavy atom. The average Bonchev–Trinajstić information content (AvgIpc) is 3.18. The molecule has 0 saturated carbocycles. The van der Waals surface area contributed by atoms with E-state index in [4.69, 9.17) is 22.1 Å². The molecule has 2 aliphatic rings. The minimum Gasteiger partial charge on any atom is -0.382 e. The fourth-order valence-electron chi connectivity index (χ4n) is 3.16. The molecule has 0 aromatic carbocycles. The van der Waals surface area contributed by atoms with Crippen molar-refractivity contribution < 1.29 is 9.53 Å². The zero-order valence-electron chi connectivity index (χ0n) is 12.5. The molecule has 1 aromatic heterocycles. The van der Waals surface area contributed by atoms with Gasteiger partial charge in [-0.05, 0) is 12.8 Å². The topological polar surface area (TPSA) is 84.6 Å². The van der Waals surface area contributed by atoms with E-state index in [-0.39, 0.29) is 23.9 Å². The Hall–Kier alpha value is -1.60. The van der Waals surface area contributed by atoms with Crippen molar-refractivity contribution in [1.29, 1.82) is 0 Å². The summed E-state index contributed by atoms with van der Waals surface area (Å²) in [6, 6.07) is -0.310. The average molecular weight is 326 g/mol. The van der Waals surface area contributed by atoms with Crippen LogP contribution in [0.1, 0.15) is 19.3 Å². The molecule has 2 aliphatic heterocycles. The van der Waals surface area contributed by atoms with Gasteiger partial charge in [-0.1, -0.05) is 11.6 Å². The van der Waals surface area contributed by atoms with E-state index in [0.717, 1.165) is 25.9 Å². The van der Waals surface area contributed by atoms with Gasteiger partial charge in [0.05, 0.1) is 6.10 Å². The number of nitrogens with zero attached hydrogens (tertiary/aromatic N) is 4. The minimum absolute atomic E-state index is 0.0243. The molecule has 0 spiro atoms. The number of amides is 1. The van der Waals surface area contributed by atoms with Crippen LogP contribution in [0.2, 0.25) is 5.02 Å². The molecule has 0 unspecified atom stereocenters. The highest BCUT2D eigenvalue weighted by molar-refractivity contribution is 6.35. The number of carbonyl (C=O) groups is 1. The fraction of sp³-hybridized carbons (Fsp3) is 0.643. The van der Waals surface area contributed by atoms with Gasteiger partial charge in [0, 0.05) is 33.2 Å². The summed E-state index contributed by atoms with van der Waals surface area (Å²) in [6.07, 6.45) is 4.10. The summed E-state index contributed by atoms with van der Waals surface area (Å²) in [6.45, 7) is 2.21. The Bertz CT molecular complexity index is 564. The van der Waals surface area contributed by atoms with Crippen molar-refractivity contribution in [3.63, 3.8) is 0 Å². The van der Waals surface area contributed by atoms with Gasteiger partial charge in [-0.2, -0.15) is 0 Å². The smallest absolute Gasteiger partial charge is 0.245 e. The van der Waals surface area contributed by atoms with Gasteiger partial charge in [-0.3, -0.25) is 4.79 Å². The number of aromatic nitrogens is 2. The number of ether oxygens (including phenoxy) is 1. The van der Waals surface area contributed by atoms with E-state index in [2.05, 4.69) is 9.97 Å². The van der Waals surface area contributed by atoms with E-state index in [0.29, 0.717) is 23.8 Å². The zero-order chi connectivity index (χ0) is 15.7. The number of carbonyl (C=O) groups excluding carboxylic acids is 1. The van der Waals surface area contributed by atoms with Crippen LogP contribution in [0.4, 0.5) is 11.6 Å². The lowest BCUT2D eigenvalue weighted by Gasteiger charge is -2.28. The summed E-state index contributed by atoms with van der Waals surface area (Å²) in [4.78, 5) is 24.7. The van der Waals surface area contributed by atoms with Gasteiger partial charge in [0.1, 0.15) is 23.2 Å². The van der Waals surface area contributed by atoms with Gasteiger partial charge < -0.3 is 20.3 Å². The van der Waals surface area contributed by atoms with Crippen LogP contribution in [0.25, 0.3) is 0 Å². The number of hydrogen-bond acceptors (Lipinski definition) is 6. The van der Waals surface area contributed by atoms with Crippen molar-refractivity contribution in [2.24, 2.45) is 0 Å². The second kappa shape index (κ2) is 6.26. The molecule has 2 atom stereocenters. The molecule has 7 nitrogen and oxygen atoms in total. The molecular weight excluding hydrogens is 306 g/mol. The van der Waals surface area contributed by atoms with E-state index in [1.54, 1.807) is 7.11 Å². The lowest BCUT2D eigenvalue weighted by atomic mass is 10.1. The first-order valence-electron chi connectivity index (χ1n) is 7.46. The number of methoxy groups -OCH3 is 1. The van der Waals surface area contributed by atoms with Crippen molar-refractivity contribution in [2.75, 3.05) is 37.4 Å². The fourth-order valence-corrected chi connectivity index (χ4v) is 3.36. The highest BCUT2D eigenvalue weighted by atomic mass is 35.5. The number of likely N-dealkylation sites (tertiary alicyclic amines) is 1. The van der Waals surface area contributed by atoms with Gasteiger partial charge >= 0.3 is 0 Å². The Kier molecular flexibility index (Phi) is 4.35. The monoisotopic (exact) mass is 325 g/mol. The molecule has 0 aliphatic carbocycles. The molecule has 22 heavy (non-hydrogen) atoms. The Balaban J connectivity index is 1.89. The van der Waals surface area contributed by atoms with Gasteiger partial charge in [-0.15, -0.1) is 0 Å². The van der Waals surface area contributed by atoms with Crippen LogP contribution in [-0.2, 0) is 9.53 Å². The highest BCUT2D eigenvalue weighted by Gasteiger charge is 2.41. The predicted octanol–water partition coefficient (Wildman–Crippen LogP) is 0.928. The molecule has 0 radical (unpaired) electrons. The van der Waals surface area contributed by atoms with E-state index >= 15 is 0 Å². The minimum atomic E-state index is -0.310. The number of hydrogen-bond donors (Lipinski definition) is 1. The maximum absolute atomic E-state index is 12.8. The molecule has 120 valence electrons. The van der Waals surface area contributed by atoms with Crippen LogP contribution in [0.15, 0.2) is 6.33 Å². The largest absolute Gasteiger partial charge is 0.382 e. The molecule has 0 bridgehead atoms. The quantitative estimate of drug-likeness (QED) is 0.890. The molecule has 8 heteroatoms. The Morgan fingerprint density at radius 3 is 2.82 bits per heavy atom. The lowest BCUT2D eigenvalue weighted by Crippen LogP contribution is -2.45. The third-order valence-electron chi connectivity index (χ3n) is 4.37. The molecule has 1 aromatic rings. The number of rotatable bonds is 3. The Morgan fingerprint density at radius 1 is 1.41 bits per heavy atom. The number of halogens is 1. The summed E-state index contributed by atoms with van der Waals surface area (Å²) in [5.74, 6) is 0.844. The van der Waals surface area contributed by atoms with Crippen molar-refractivity contribution in [1.82, 2.24) is 14.9 Å². The van der Waals surface area contributed by atoms with Crippen LogP contribution < -0.4 is 10.6 Å². The van der Waals surface area contributed by atoms with E-state index in [9.17, 15) is 4.79 Å². The summed E-state index contributed by atoms with van der Waals surface area (Å²) < 4.78 is 5.45. The first kappa shape index (κ1) is 15.3. The summed E-state index contributed by atoms with van der Waals surface area (Å²) in [5.41, 5.74) is 5.76. The van der Waals surface area contributed by atoms with Crippen molar-refractivity contribution >= 4 is 29.1 Å². The number of nitrogens with two attached hydrogens (primary N) is 1. The maximum Gasteiger partial charge on any atom is 0.245 e. The Labute approximate surface area is 134 Å². The van der Waals surface area contributed by atoms with Crippen LogP contribution in [0.3, 0.4) is 0 Å². The van der Waals surface area contributed by atoms with E-state index in [1.165, 1.54) is 6.33 Å².